The van der Waals surface area contributed by atoms with Crippen LogP contribution in [0, 0.1) is 5.92 Å². The van der Waals surface area contributed by atoms with Crippen LogP contribution in [0.25, 0.3) is 0 Å². The molecule has 1 aromatic carbocycles. The van der Waals surface area contributed by atoms with E-state index in [9.17, 15) is 9.59 Å². The fourth-order valence-electron chi connectivity index (χ4n) is 2.41. The Morgan fingerprint density at radius 2 is 1.54 bits per heavy atom. The van der Waals surface area contributed by atoms with Gasteiger partial charge in [-0.2, -0.15) is 0 Å². The minimum Gasteiger partial charge on any atom is -0.460 e. The van der Waals surface area contributed by atoms with E-state index in [0.717, 1.165) is 12.0 Å². The van der Waals surface area contributed by atoms with Crippen LogP contribution in [0.2, 0.25) is 0 Å². The maximum atomic E-state index is 12.5. The van der Waals surface area contributed by atoms with Gasteiger partial charge in [0, 0.05) is 0 Å². The smallest absolute Gasteiger partial charge is 0.338 e. The van der Waals surface area contributed by atoms with E-state index in [1.54, 1.807) is 12.1 Å². The molecule has 4 nitrogen and oxygen atoms in total. The molecule has 0 spiro atoms. The van der Waals surface area contributed by atoms with Gasteiger partial charge in [-0.15, -0.1) is 6.58 Å². The van der Waals surface area contributed by atoms with Crippen molar-refractivity contribution in [3.05, 3.63) is 48.0 Å². The maximum absolute atomic E-state index is 12.5. The lowest BCUT2D eigenvalue weighted by atomic mass is 9.94. The maximum Gasteiger partial charge on any atom is 0.338 e. The van der Waals surface area contributed by atoms with Crippen molar-refractivity contribution in [2.45, 2.75) is 72.0 Å². The molecule has 0 fully saturated rings. The Morgan fingerprint density at radius 3 is 2.00 bits per heavy atom. The van der Waals surface area contributed by atoms with Crippen LogP contribution in [-0.2, 0) is 20.7 Å². The highest BCUT2D eigenvalue weighted by Crippen LogP contribution is 2.21. The molecule has 0 heterocycles. The summed E-state index contributed by atoms with van der Waals surface area (Å²) in [4.78, 5) is 24.6. The van der Waals surface area contributed by atoms with Crippen LogP contribution in [0.1, 0.15) is 70.3 Å². The molecule has 1 aromatic rings. The van der Waals surface area contributed by atoms with Crippen molar-refractivity contribution >= 4 is 11.9 Å². The summed E-state index contributed by atoms with van der Waals surface area (Å²) in [6.45, 7) is 14.8. The Labute approximate surface area is 157 Å². The summed E-state index contributed by atoms with van der Waals surface area (Å²) in [6, 6.07) is 7.21. The molecule has 0 aromatic heterocycles. The van der Waals surface area contributed by atoms with Crippen molar-refractivity contribution in [1.82, 2.24) is 0 Å². The standard InChI is InChI=1S/C22H32O4/c1-8-9-10-18(20(24)26-22(5,6)7)15-16-11-13-17(14-12-16)19(23)25-21(2,3)4/h8,11-14,18H,1,9-10,15H2,2-7H3/t18-/m1/s1. The number of benzene rings is 1. The Bertz CT molecular complexity index is 615. The first kappa shape index (κ1) is 21.9. The summed E-state index contributed by atoms with van der Waals surface area (Å²) in [7, 11) is 0. The average molecular weight is 360 g/mol. The van der Waals surface area contributed by atoms with Gasteiger partial charge in [0.05, 0.1) is 11.5 Å². The van der Waals surface area contributed by atoms with Gasteiger partial charge in [0.25, 0.3) is 0 Å². The minimum absolute atomic E-state index is 0.199. The van der Waals surface area contributed by atoms with Gasteiger partial charge in [0.2, 0.25) is 0 Å². The Kier molecular flexibility index (Phi) is 7.61. The molecule has 0 amide bonds. The summed E-state index contributed by atoms with van der Waals surface area (Å²) in [5.41, 5.74) is 0.451. The second kappa shape index (κ2) is 9.02. The summed E-state index contributed by atoms with van der Waals surface area (Å²) in [5.74, 6) is -0.783. The van der Waals surface area contributed by atoms with Gasteiger partial charge in [-0.1, -0.05) is 18.2 Å². The Morgan fingerprint density at radius 1 is 1.00 bits per heavy atom. The predicted octanol–water partition coefficient (Wildman–Crippen LogP) is 5.11. The average Bonchev–Trinajstić information content (AvgIpc) is 2.48. The first-order valence-corrected chi connectivity index (χ1v) is 9.07. The van der Waals surface area contributed by atoms with Crippen molar-refractivity contribution in [1.29, 1.82) is 0 Å². The molecule has 0 unspecified atom stereocenters. The molecule has 1 atom stereocenters. The van der Waals surface area contributed by atoms with Crippen LogP contribution >= 0.6 is 0 Å². The van der Waals surface area contributed by atoms with Crippen LogP contribution in [0.3, 0.4) is 0 Å². The summed E-state index contributed by atoms with van der Waals surface area (Å²) in [5, 5.41) is 0. The zero-order chi connectivity index (χ0) is 20.0. The number of allylic oxidation sites excluding steroid dienone is 1. The molecule has 26 heavy (non-hydrogen) atoms. The normalized spacial score (nSPS) is 13.0. The molecule has 144 valence electrons. The van der Waals surface area contributed by atoms with Gasteiger partial charge >= 0.3 is 11.9 Å². The van der Waals surface area contributed by atoms with E-state index in [1.165, 1.54) is 0 Å². The Hall–Kier alpha value is -2.10. The van der Waals surface area contributed by atoms with Crippen LogP contribution < -0.4 is 0 Å². The van der Waals surface area contributed by atoms with E-state index < -0.39 is 11.2 Å². The summed E-state index contributed by atoms with van der Waals surface area (Å²) >= 11 is 0. The van der Waals surface area contributed by atoms with Crippen molar-refractivity contribution in [2.24, 2.45) is 5.92 Å². The number of esters is 2. The second-order valence-corrected chi connectivity index (χ2v) is 8.50. The van der Waals surface area contributed by atoms with E-state index in [0.29, 0.717) is 18.4 Å². The van der Waals surface area contributed by atoms with Gasteiger partial charge in [0.15, 0.2) is 0 Å². The SMILES string of the molecule is C=CCC[C@H](Cc1ccc(C(=O)OC(C)(C)C)cc1)C(=O)OC(C)(C)C. The van der Waals surface area contributed by atoms with Gasteiger partial charge in [-0.25, -0.2) is 4.79 Å². The van der Waals surface area contributed by atoms with Crippen LogP contribution in [0.5, 0.6) is 0 Å². The van der Waals surface area contributed by atoms with Gasteiger partial charge < -0.3 is 9.47 Å². The first-order valence-electron chi connectivity index (χ1n) is 9.07. The fraction of sp³-hybridized carbons (Fsp3) is 0.545. The molecule has 0 bridgehead atoms. The number of rotatable bonds is 7. The monoisotopic (exact) mass is 360 g/mol. The van der Waals surface area contributed by atoms with E-state index >= 15 is 0 Å². The molecule has 4 heteroatoms. The second-order valence-electron chi connectivity index (χ2n) is 8.50. The van der Waals surface area contributed by atoms with Crippen LogP contribution in [0.15, 0.2) is 36.9 Å². The number of ether oxygens (including phenoxy) is 2. The zero-order valence-corrected chi connectivity index (χ0v) is 16.9. The van der Waals surface area contributed by atoms with Crippen molar-refractivity contribution in [3.8, 4) is 0 Å². The third-order valence-corrected chi connectivity index (χ3v) is 3.53. The van der Waals surface area contributed by atoms with E-state index in [2.05, 4.69) is 6.58 Å². The highest BCUT2D eigenvalue weighted by atomic mass is 16.6. The van der Waals surface area contributed by atoms with Gasteiger partial charge in [0.1, 0.15) is 11.2 Å². The molecule has 0 N–H and O–H groups in total. The summed E-state index contributed by atoms with van der Waals surface area (Å²) in [6.07, 6.45) is 3.81. The molecule has 0 aliphatic heterocycles. The lowest BCUT2D eigenvalue weighted by molar-refractivity contribution is -0.160. The topological polar surface area (TPSA) is 52.6 Å². The molecule has 0 aliphatic rings. The minimum atomic E-state index is -0.526. The van der Waals surface area contributed by atoms with Gasteiger partial charge in [-0.3, -0.25) is 4.79 Å². The highest BCUT2D eigenvalue weighted by Gasteiger charge is 2.25. The van der Waals surface area contributed by atoms with Gasteiger partial charge in [-0.05, 0) is 78.5 Å². The molecule has 1 rings (SSSR count). The van der Waals surface area contributed by atoms with E-state index in [-0.39, 0.29) is 17.9 Å². The molecule has 0 aliphatic carbocycles. The predicted molar refractivity (Wildman–Crippen MR) is 104 cm³/mol. The lowest BCUT2D eigenvalue weighted by Crippen LogP contribution is -2.29. The largest absolute Gasteiger partial charge is 0.460 e. The quantitative estimate of drug-likeness (QED) is 0.501. The Balaban J connectivity index is 2.83. The number of carbonyl (C=O) groups is 2. The van der Waals surface area contributed by atoms with E-state index in [1.807, 2.05) is 59.8 Å². The van der Waals surface area contributed by atoms with Crippen LogP contribution in [-0.4, -0.2) is 23.1 Å². The molecule has 0 radical (unpaired) electrons. The molecular weight excluding hydrogens is 328 g/mol. The molecule has 0 saturated heterocycles. The lowest BCUT2D eigenvalue weighted by Gasteiger charge is -2.24. The van der Waals surface area contributed by atoms with Crippen molar-refractivity contribution in [2.75, 3.05) is 0 Å². The first-order chi connectivity index (χ1) is 11.9. The molecular formula is C22H32O4. The summed E-state index contributed by atoms with van der Waals surface area (Å²) < 4.78 is 10.9. The van der Waals surface area contributed by atoms with Crippen molar-refractivity contribution in [3.63, 3.8) is 0 Å². The highest BCUT2D eigenvalue weighted by molar-refractivity contribution is 5.89. The number of hydrogen-bond acceptors (Lipinski definition) is 4. The fourth-order valence-corrected chi connectivity index (χ4v) is 2.41. The third-order valence-electron chi connectivity index (χ3n) is 3.53. The van der Waals surface area contributed by atoms with E-state index in [4.69, 9.17) is 9.47 Å². The molecule has 0 saturated carbocycles. The van der Waals surface area contributed by atoms with Crippen molar-refractivity contribution < 1.29 is 19.1 Å². The number of hydrogen-bond donors (Lipinski definition) is 0. The number of carbonyl (C=O) groups excluding carboxylic acids is 2. The van der Waals surface area contributed by atoms with Crippen LogP contribution in [0.4, 0.5) is 0 Å². The zero-order valence-electron chi connectivity index (χ0n) is 16.9. The third kappa shape index (κ3) is 8.32.